The molecule has 1 aliphatic heterocycles. The molecule has 0 aromatic heterocycles. The van der Waals surface area contributed by atoms with Crippen molar-refractivity contribution >= 4 is 27.3 Å². The fraction of sp³-hybridized carbons (Fsp3) is 0.611. The van der Waals surface area contributed by atoms with Crippen LogP contribution in [-0.2, 0) is 24.1 Å². The number of hydrogen-bond acceptors (Lipinski definition) is 5. The first-order valence-corrected chi connectivity index (χ1v) is 10.8. The first kappa shape index (κ1) is 21.2. The van der Waals surface area contributed by atoms with E-state index in [2.05, 4.69) is 0 Å². The zero-order valence-electron chi connectivity index (χ0n) is 15.0. The minimum absolute atomic E-state index is 0.0000345. The number of likely N-dealkylation sites (tertiary alicyclic amines) is 1. The molecule has 1 aromatic carbocycles. The van der Waals surface area contributed by atoms with Gasteiger partial charge in [-0.05, 0) is 43.0 Å². The second-order valence-corrected chi connectivity index (χ2v) is 8.96. The van der Waals surface area contributed by atoms with Gasteiger partial charge in [0.15, 0.2) is 9.84 Å². The van der Waals surface area contributed by atoms with Crippen LogP contribution in [0.3, 0.4) is 0 Å². The van der Waals surface area contributed by atoms with Crippen LogP contribution in [0.5, 0.6) is 0 Å². The lowest BCUT2D eigenvalue weighted by atomic mass is 9.97. The molecule has 1 aromatic rings. The first-order valence-electron chi connectivity index (χ1n) is 8.75. The lowest BCUT2D eigenvalue weighted by Gasteiger charge is -2.32. The Bertz CT molecular complexity index is 669. The minimum atomic E-state index is -3.48. The summed E-state index contributed by atoms with van der Waals surface area (Å²) in [6.07, 6.45) is 1.76. The molecule has 0 bridgehead atoms. The van der Waals surface area contributed by atoms with Crippen molar-refractivity contribution in [3.63, 3.8) is 0 Å². The topological polar surface area (TPSA) is 72.9 Å². The molecule has 1 aliphatic rings. The number of methoxy groups -OCH3 is 1. The molecule has 1 saturated heterocycles. The molecule has 0 radical (unpaired) electrons. The molecular formula is C18H26ClNO5S. The third-order valence-electron chi connectivity index (χ3n) is 4.51. The van der Waals surface area contributed by atoms with Gasteiger partial charge in [0.25, 0.3) is 0 Å². The standard InChI is InChI=1S/C18H26ClNO5S/c1-24-11-12-25-14-15-6-9-20(10-7-15)18(21)8-13-26(22,23)17-4-2-16(19)3-5-17/h2-5,15H,6-14H2,1H3. The van der Waals surface area contributed by atoms with E-state index in [1.54, 1.807) is 12.0 Å². The third-order valence-corrected chi connectivity index (χ3v) is 6.49. The highest BCUT2D eigenvalue weighted by Gasteiger charge is 2.24. The second kappa shape index (κ2) is 10.3. The maximum absolute atomic E-state index is 12.3. The molecule has 0 spiro atoms. The fourth-order valence-corrected chi connectivity index (χ4v) is 4.24. The molecule has 6 nitrogen and oxygen atoms in total. The van der Waals surface area contributed by atoms with Crippen LogP contribution in [-0.4, -0.2) is 65.0 Å². The summed E-state index contributed by atoms with van der Waals surface area (Å²) in [6.45, 7) is 3.14. The second-order valence-electron chi connectivity index (χ2n) is 6.41. The average molecular weight is 404 g/mol. The van der Waals surface area contributed by atoms with Crippen LogP contribution >= 0.6 is 11.6 Å². The lowest BCUT2D eigenvalue weighted by Crippen LogP contribution is -2.40. The highest BCUT2D eigenvalue weighted by molar-refractivity contribution is 7.91. The number of hydrogen-bond donors (Lipinski definition) is 0. The molecule has 0 N–H and O–H groups in total. The SMILES string of the molecule is COCCOCC1CCN(C(=O)CCS(=O)(=O)c2ccc(Cl)cc2)CC1. The van der Waals surface area contributed by atoms with E-state index in [1.807, 2.05) is 0 Å². The van der Waals surface area contributed by atoms with Gasteiger partial charge in [0.2, 0.25) is 5.91 Å². The van der Waals surface area contributed by atoms with Gasteiger partial charge in [-0.2, -0.15) is 0 Å². The molecule has 2 rings (SSSR count). The van der Waals surface area contributed by atoms with Gasteiger partial charge in [-0.15, -0.1) is 0 Å². The molecule has 1 amide bonds. The maximum Gasteiger partial charge on any atom is 0.223 e. The van der Waals surface area contributed by atoms with Crippen molar-refractivity contribution in [3.8, 4) is 0 Å². The van der Waals surface area contributed by atoms with E-state index in [4.69, 9.17) is 21.1 Å². The minimum Gasteiger partial charge on any atom is -0.382 e. The summed E-state index contributed by atoms with van der Waals surface area (Å²) in [5.74, 6) is 0.142. The molecule has 1 fully saturated rings. The number of halogens is 1. The Balaban J connectivity index is 1.74. The molecule has 0 atom stereocenters. The zero-order valence-corrected chi connectivity index (χ0v) is 16.6. The number of piperidine rings is 1. The van der Waals surface area contributed by atoms with Gasteiger partial charge in [-0.3, -0.25) is 4.79 Å². The number of amides is 1. The van der Waals surface area contributed by atoms with E-state index in [0.717, 1.165) is 12.8 Å². The smallest absolute Gasteiger partial charge is 0.223 e. The molecule has 8 heteroatoms. The largest absolute Gasteiger partial charge is 0.382 e. The van der Waals surface area contributed by atoms with E-state index in [0.29, 0.717) is 43.9 Å². The number of ether oxygens (including phenoxy) is 2. The predicted molar refractivity (Wildman–Crippen MR) is 100 cm³/mol. The predicted octanol–water partition coefficient (Wildman–Crippen LogP) is 2.41. The molecule has 0 aliphatic carbocycles. The van der Waals surface area contributed by atoms with E-state index >= 15 is 0 Å². The molecule has 0 saturated carbocycles. The Hall–Kier alpha value is -1.15. The van der Waals surface area contributed by atoms with Gasteiger partial charge >= 0.3 is 0 Å². The Kier molecular flexibility index (Phi) is 8.34. The van der Waals surface area contributed by atoms with Crippen molar-refractivity contribution in [1.82, 2.24) is 4.90 Å². The van der Waals surface area contributed by atoms with Gasteiger partial charge in [0.1, 0.15) is 0 Å². The van der Waals surface area contributed by atoms with Crippen LogP contribution in [0.4, 0.5) is 0 Å². The number of rotatable bonds is 9. The van der Waals surface area contributed by atoms with Crippen molar-refractivity contribution in [2.24, 2.45) is 5.92 Å². The van der Waals surface area contributed by atoms with E-state index < -0.39 is 9.84 Å². The third kappa shape index (κ3) is 6.54. The monoisotopic (exact) mass is 403 g/mol. The molecular weight excluding hydrogens is 378 g/mol. The number of benzene rings is 1. The molecule has 1 heterocycles. The summed E-state index contributed by atoms with van der Waals surface area (Å²) in [7, 11) is -1.84. The van der Waals surface area contributed by atoms with Crippen LogP contribution in [0.2, 0.25) is 5.02 Å². The Morgan fingerprint density at radius 2 is 1.85 bits per heavy atom. The summed E-state index contributed by atoms with van der Waals surface area (Å²) >= 11 is 5.78. The summed E-state index contributed by atoms with van der Waals surface area (Å²) in [6, 6.07) is 6.01. The number of nitrogens with zero attached hydrogens (tertiary/aromatic N) is 1. The fourth-order valence-electron chi connectivity index (χ4n) is 2.88. The number of carbonyl (C=O) groups is 1. The van der Waals surface area contributed by atoms with Gasteiger partial charge in [-0.25, -0.2) is 8.42 Å². The lowest BCUT2D eigenvalue weighted by molar-refractivity contribution is -0.132. The summed E-state index contributed by atoms with van der Waals surface area (Å²) in [5.41, 5.74) is 0. The Morgan fingerprint density at radius 3 is 2.46 bits per heavy atom. The maximum atomic E-state index is 12.3. The first-order chi connectivity index (χ1) is 12.4. The van der Waals surface area contributed by atoms with Crippen molar-refractivity contribution < 1.29 is 22.7 Å². The highest BCUT2D eigenvalue weighted by Crippen LogP contribution is 2.20. The van der Waals surface area contributed by atoms with Crippen LogP contribution in [0.15, 0.2) is 29.2 Å². The molecule has 146 valence electrons. The number of sulfone groups is 1. The zero-order chi connectivity index (χ0) is 19.0. The number of carbonyl (C=O) groups excluding carboxylic acids is 1. The molecule has 0 unspecified atom stereocenters. The Labute approximate surface area is 160 Å². The van der Waals surface area contributed by atoms with Crippen molar-refractivity contribution in [2.45, 2.75) is 24.2 Å². The van der Waals surface area contributed by atoms with Crippen molar-refractivity contribution in [1.29, 1.82) is 0 Å². The summed E-state index contributed by atoms with van der Waals surface area (Å²) in [4.78, 5) is 14.3. The van der Waals surface area contributed by atoms with E-state index in [9.17, 15) is 13.2 Å². The van der Waals surface area contributed by atoms with Crippen molar-refractivity contribution in [2.75, 3.05) is 45.8 Å². The average Bonchev–Trinajstić information content (AvgIpc) is 2.64. The summed E-state index contributed by atoms with van der Waals surface area (Å²) < 4.78 is 35.1. The quantitative estimate of drug-likeness (QED) is 0.592. The summed E-state index contributed by atoms with van der Waals surface area (Å²) in [5, 5.41) is 0.481. The Morgan fingerprint density at radius 1 is 1.19 bits per heavy atom. The van der Waals surface area contributed by atoms with Gasteiger partial charge in [0, 0.05) is 38.2 Å². The van der Waals surface area contributed by atoms with E-state index in [1.165, 1.54) is 24.3 Å². The normalized spacial score (nSPS) is 16.0. The van der Waals surface area contributed by atoms with Crippen LogP contribution in [0.25, 0.3) is 0 Å². The van der Waals surface area contributed by atoms with Crippen LogP contribution in [0, 0.1) is 5.92 Å². The van der Waals surface area contributed by atoms with Gasteiger partial charge in [-0.1, -0.05) is 11.6 Å². The highest BCUT2D eigenvalue weighted by atomic mass is 35.5. The van der Waals surface area contributed by atoms with Crippen LogP contribution in [0.1, 0.15) is 19.3 Å². The van der Waals surface area contributed by atoms with Crippen molar-refractivity contribution in [3.05, 3.63) is 29.3 Å². The van der Waals surface area contributed by atoms with Gasteiger partial charge < -0.3 is 14.4 Å². The van der Waals surface area contributed by atoms with E-state index in [-0.39, 0.29) is 23.0 Å². The van der Waals surface area contributed by atoms with Gasteiger partial charge in [0.05, 0.1) is 23.9 Å². The van der Waals surface area contributed by atoms with Crippen LogP contribution < -0.4 is 0 Å². The molecule has 26 heavy (non-hydrogen) atoms.